The molecule has 0 aliphatic heterocycles. The van der Waals surface area contributed by atoms with Crippen molar-refractivity contribution in [1.82, 2.24) is 5.32 Å². The number of hydrogen-bond acceptors (Lipinski definition) is 2. The van der Waals surface area contributed by atoms with E-state index in [1.807, 2.05) is 12.1 Å². The molecule has 0 radical (unpaired) electrons. The van der Waals surface area contributed by atoms with Crippen LogP contribution in [0.1, 0.15) is 19.4 Å². The van der Waals surface area contributed by atoms with E-state index >= 15 is 0 Å². The summed E-state index contributed by atoms with van der Waals surface area (Å²) in [5.74, 6) is 0.945. The first kappa shape index (κ1) is 15.8. The molecule has 0 aromatic heterocycles. The number of ether oxygens (including phenoxy) is 1. The number of benzene rings is 2. The van der Waals surface area contributed by atoms with Gasteiger partial charge in [-0.2, -0.15) is 0 Å². The lowest BCUT2D eigenvalue weighted by molar-refractivity contribution is 0.434. The predicted molar refractivity (Wildman–Crippen MR) is 84.5 cm³/mol. The van der Waals surface area contributed by atoms with Gasteiger partial charge in [0, 0.05) is 17.1 Å². The monoisotopic (exact) mass is 307 g/mol. The van der Waals surface area contributed by atoms with E-state index in [0.29, 0.717) is 23.2 Å². The molecule has 2 aromatic carbocycles. The van der Waals surface area contributed by atoms with Gasteiger partial charge in [0.15, 0.2) is 11.6 Å². The average molecular weight is 308 g/mol. The van der Waals surface area contributed by atoms with Crippen molar-refractivity contribution in [3.63, 3.8) is 0 Å². The van der Waals surface area contributed by atoms with Gasteiger partial charge in [0.05, 0.1) is 0 Å². The minimum atomic E-state index is -0.390. The van der Waals surface area contributed by atoms with E-state index in [2.05, 4.69) is 19.2 Å². The summed E-state index contributed by atoms with van der Waals surface area (Å²) in [5, 5.41) is 3.91. The van der Waals surface area contributed by atoms with Crippen LogP contribution in [0.4, 0.5) is 4.39 Å². The van der Waals surface area contributed by atoms with Crippen LogP contribution in [0.25, 0.3) is 0 Å². The van der Waals surface area contributed by atoms with Crippen molar-refractivity contribution >= 4 is 11.6 Å². The van der Waals surface area contributed by atoms with Gasteiger partial charge in [-0.05, 0) is 36.7 Å². The lowest BCUT2D eigenvalue weighted by Crippen LogP contribution is -2.19. The Morgan fingerprint density at radius 3 is 2.62 bits per heavy atom. The maximum Gasteiger partial charge on any atom is 0.165 e. The first-order valence-corrected chi connectivity index (χ1v) is 7.35. The van der Waals surface area contributed by atoms with E-state index < -0.39 is 5.82 Å². The van der Waals surface area contributed by atoms with Crippen LogP contribution in [0.5, 0.6) is 11.5 Å². The third kappa shape index (κ3) is 4.73. The number of nitrogens with one attached hydrogen (secondary N) is 1. The van der Waals surface area contributed by atoms with Gasteiger partial charge in [-0.15, -0.1) is 0 Å². The Morgan fingerprint density at radius 2 is 1.90 bits per heavy atom. The lowest BCUT2D eigenvalue weighted by Gasteiger charge is -2.13. The minimum Gasteiger partial charge on any atom is -0.454 e. The predicted octanol–water partition coefficient (Wildman–Crippen LogP) is 5.02. The normalized spacial score (nSPS) is 10.9. The second-order valence-corrected chi connectivity index (χ2v) is 5.75. The van der Waals surface area contributed by atoms with Crippen LogP contribution in [0.2, 0.25) is 5.02 Å². The molecule has 0 heterocycles. The number of halogens is 2. The van der Waals surface area contributed by atoms with Crippen molar-refractivity contribution in [1.29, 1.82) is 0 Å². The third-order valence-corrected chi connectivity index (χ3v) is 3.19. The Hall–Kier alpha value is -1.58. The molecule has 0 saturated carbocycles. The topological polar surface area (TPSA) is 21.3 Å². The molecular weight excluding hydrogens is 289 g/mol. The zero-order valence-corrected chi connectivity index (χ0v) is 13.0. The van der Waals surface area contributed by atoms with Crippen molar-refractivity contribution < 1.29 is 9.13 Å². The van der Waals surface area contributed by atoms with Crippen molar-refractivity contribution in [3.8, 4) is 11.5 Å². The summed E-state index contributed by atoms with van der Waals surface area (Å²) in [7, 11) is 0. The highest BCUT2D eigenvalue weighted by molar-refractivity contribution is 6.30. The zero-order valence-electron chi connectivity index (χ0n) is 12.2. The summed E-state index contributed by atoms with van der Waals surface area (Å²) < 4.78 is 19.4. The first-order valence-electron chi connectivity index (χ1n) is 6.98. The molecule has 0 aliphatic carbocycles. The molecule has 0 unspecified atom stereocenters. The van der Waals surface area contributed by atoms with Gasteiger partial charge in [0.1, 0.15) is 5.75 Å². The molecule has 0 amide bonds. The van der Waals surface area contributed by atoms with Gasteiger partial charge < -0.3 is 10.1 Å². The molecule has 0 spiro atoms. The van der Waals surface area contributed by atoms with Crippen LogP contribution in [-0.4, -0.2) is 6.54 Å². The van der Waals surface area contributed by atoms with Crippen LogP contribution in [0, 0.1) is 11.7 Å². The van der Waals surface area contributed by atoms with E-state index in [-0.39, 0.29) is 5.75 Å². The highest BCUT2D eigenvalue weighted by atomic mass is 35.5. The van der Waals surface area contributed by atoms with Crippen molar-refractivity contribution in [2.24, 2.45) is 5.92 Å². The van der Waals surface area contributed by atoms with Crippen molar-refractivity contribution in [2.45, 2.75) is 20.4 Å². The molecule has 0 bridgehead atoms. The molecule has 2 nitrogen and oxygen atoms in total. The van der Waals surface area contributed by atoms with Crippen LogP contribution in [0.15, 0.2) is 42.5 Å². The Bertz CT molecular complexity index is 601. The number of rotatable bonds is 6. The molecular formula is C17H19ClFNO. The van der Waals surface area contributed by atoms with Gasteiger partial charge in [0.25, 0.3) is 0 Å². The molecule has 0 atom stereocenters. The van der Waals surface area contributed by atoms with E-state index in [9.17, 15) is 4.39 Å². The SMILES string of the molecule is CC(C)CNCc1ccc(Cl)cc1Oc1ccccc1F. The molecule has 0 saturated heterocycles. The Kier molecular flexibility index (Phi) is 5.59. The van der Waals surface area contributed by atoms with Crippen molar-refractivity contribution in [2.75, 3.05) is 6.54 Å². The summed E-state index contributed by atoms with van der Waals surface area (Å²) in [5.41, 5.74) is 0.948. The maximum absolute atomic E-state index is 13.7. The van der Waals surface area contributed by atoms with Gasteiger partial charge in [-0.1, -0.05) is 43.6 Å². The fourth-order valence-electron chi connectivity index (χ4n) is 1.91. The Balaban J connectivity index is 2.17. The maximum atomic E-state index is 13.7. The van der Waals surface area contributed by atoms with E-state index in [1.165, 1.54) is 6.07 Å². The van der Waals surface area contributed by atoms with E-state index in [1.54, 1.807) is 24.3 Å². The third-order valence-electron chi connectivity index (χ3n) is 2.95. The fraction of sp³-hybridized carbons (Fsp3) is 0.294. The van der Waals surface area contributed by atoms with E-state index in [0.717, 1.165) is 12.1 Å². The second-order valence-electron chi connectivity index (χ2n) is 5.31. The molecule has 2 aromatic rings. The fourth-order valence-corrected chi connectivity index (χ4v) is 2.07. The molecule has 1 N–H and O–H groups in total. The summed E-state index contributed by atoms with van der Waals surface area (Å²) in [6, 6.07) is 11.7. The largest absolute Gasteiger partial charge is 0.454 e. The lowest BCUT2D eigenvalue weighted by atomic mass is 10.1. The summed E-state index contributed by atoms with van der Waals surface area (Å²) in [6.07, 6.45) is 0. The van der Waals surface area contributed by atoms with Gasteiger partial charge in [-0.25, -0.2) is 4.39 Å². The number of hydrogen-bond donors (Lipinski definition) is 1. The van der Waals surface area contributed by atoms with Crippen LogP contribution < -0.4 is 10.1 Å². The highest BCUT2D eigenvalue weighted by Crippen LogP contribution is 2.29. The van der Waals surface area contributed by atoms with Crippen molar-refractivity contribution in [3.05, 3.63) is 58.9 Å². The zero-order chi connectivity index (χ0) is 15.2. The smallest absolute Gasteiger partial charge is 0.165 e. The summed E-state index contributed by atoms with van der Waals surface area (Å²) >= 11 is 6.01. The summed E-state index contributed by atoms with van der Waals surface area (Å²) in [4.78, 5) is 0. The van der Waals surface area contributed by atoms with Gasteiger partial charge in [0.2, 0.25) is 0 Å². The average Bonchev–Trinajstić information content (AvgIpc) is 2.43. The highest BCUT2D eigenvalue weighted by Gasteiger charge is 2.09. The Labute approximate surface area is 129 Å². The molecule has 2 rings (SSSR count). The molecule has 21 heavy (non-hydrogen) atoms. The van der Waals surface area contributed by atoms with Crippen LogP contribution >= 0.6 is 11.6 Å². The molecule has 4 heteroatoms. The molecule has 0 fully saturated rings. The second kappa shape index (κ2) is 7.43. The van der Waals surface area contributed by atoms with E-state index in [4.69, 9.17) is 16.3 Å². The van der Waals surface area contributed by atoms with Crippen LogP contribution in [-0.2, 0) is 6.54 Å². The quantitative estimate of drug-likeness (QED) is 0.809. The standard InChI is InChI=1S/C17H19ClFNO/c1-12(2)10-20-11-13-7-8-14(18)9-17(13)21-16-6-4-3-5-15(16)19/h3-9,12,20H,10-11H2,1-2H3. The molecule has 112 valence electrons. The minimum absolute atomic E-state index is 0.199. The first-order chi connectivity index (χ1) is 10.1. The number of para-hydroxylation sites is 1. The Morgan fingerprint density at radius 1 is 1.14 bits per heavy atom. The van der Waals surface area contributed by atoms with Crippen LogP contribution in [0.3, 0.4) is 0 Å². The van der Waals surface area contributed by atoms with Gasteiger partial charge in [-0.3, -0.25) is 0 Å². The molecule has 0 aliphatic rings. The summed E-state index contributed by atoms with van der Waals surface area (Å²) in [6.45, 7) is 5.85. The van der Waals surface area contributed by atoms with Gasteiger partial charge >= 0.3 is 0 Å².